The minimum atomic E-state index is -3.93. The summed E-state index contributed by atoms with van der Waals surface area (Å²) in [6, 6.07) is 8.27. The topological polar surface area (TPSA) is 107 Å². The average molecular weight is 311 g/mol. The molecule has 0 bridgehead atoms. The molecule has 0 aromatic heterocycles. The lowest BCUT2D eigenvalue weighted by atomic mass is 10.2. The summed E-state index contributed by atoms with van der Waals surface area (Å²) < 4.78 is 41.0. The van der Waals surface area contributed by atoms with Crippen molar-refractivity contribution in [2.24, 2.45) is 5.14 Å². The van der Waals surface area contributed by atoms with E-state index in [2.05, 4.69) is 5.32 Å². The summed E-state index contributed by atoms with van der Waals surface area (Å²) in [6.45, 7) is 0. The molecule has 5 N–H and O–H groups in total. The van der Waals surface area contributed by atoms with Gasteiger partial charge in [0, 0.05) is 6.07 Å². The zero-order valence-corrected chi connectivity index (χ0v) is 11.9. The predicted octanol–water partition coefficient (Wildman–Crippen LogP) is 1.81. The van der Waals surface area contributed by atoms with Gasteiger partial charge in [-0.15, -0.1) is 0 Å². The highest BCUT2D eigenvalue weighted by Crippen LogP contribution is 2.33. The van der Waals surface area contributed by atoms with Gasteiger partial charge in [0.25, 0.3) is 0 Å². The number of nitrogen functional groups attached to an aromatic ring is 1. The highest BCUT2D eigenvalue weighted by Gasteiger charge is 2.15. The van der Waals surface area contributed by atoms with E-state index in [0.717, 1.165) is 0 Å². The number of methoxy groups -OCH3 is 1. The van der Waals surface area contributed by atoms with Gasteiger partial charge in [-0.25, -0.2) is 17.9 Å². The van der Waals surface area contributed by atoms with Crippen LogP contribution in [0.15, 0.2) is 41.3 Å². The van der Waals surface area contributed by atoms with Crippen LogP contribution < -0.4 is 20.9 Å². The van der Waals surface area contributed by atoms with Crippen LogP contribution in [0.4, 0.5) is 21.5 Å². The molecule has 0 aliphatic rings. The fraction of sp³-hybridized carbons (Fsp3) is 0.0769. The Kier molecular flexibility index (Phi) is 4.01. The van der Waals surface area contributed by atoms with Gasteiger partial charge in [0.05, 0.1) is 24.2 Å². The first-order valence-corrected chi connectivity index (χ1v) is 7.39. The molecule has 0 fully saturated rings. The third-order valence-electron chi connectivity index (χ3n) is 2.81. The Labute approximate surface area is 121 Å². The normalized spacial score (nSPS) is 11.2. The van der Waals surface area contributed by atoms with Crippen molar-refractivity contribution in [3.05, 3.63) is 42.2 Å². The maximum Gasteiger partial charge on any atom is 0.240 e. The quantitative estimate of drug-likeness (QED) is 0.746. The first-order chi connectivity index (χ1) is 9.82. The Balaban J connectivity index is 2.46. The van der Waals surface area contributed by atoms with Crippen molar-refractivity contribution in [3.8, 4) is 5.75 Å². The molecule has 112 valence electrons. The SMILES string of the molecule is COc1cc(F)ccc1Nc1cccc(S(N)(=O)=O)c1N. The Morgan fingerprint density at radius 1 is 1.19 bits per heavy atom. The molecular weight excluding hydrogens is 297 g/mol. The largest absolute Gasteiger partial charge is 0.494 e. The van der Waals surface area contributed by atoms with E-state index in [0.29, 0.717) is 11.4 Å². The monoisotopic (exact) mass is 311 g/mol. The van der Waals surface area contributed by atoms with Crippen LogP contribution >= 0.6 is 0 Å². The van der Waals surface area contributed by atoms with E-state index in [1.165, 1.54) is 37.4 Å². The van der Waals surface area contributed by atoms with Crippen molar-refractivity contribution in [1.29, 1.82) is 0 Å². The number of halogens is 1. The molecule has 2 rings (SSSR count). The number of ether oxygens (including phenoxy) is 1. The molecule has 0 amide bonds. The molecule has 6 nitrogen and oxygen atoms in total. The van der Waals surface area contributed by atoms with Crippen molar-refractivity contribution < 1.29 is 17.5 Å². The fourth-order valence-corrected chi connectivity index (χ4v) is 2.50. The first kappa shape index (κ1) is 15.1. The summed E-state index contributed by atoms with van der Waals surface area (Å²) in [6.07, 6.45) is 0. The van der Waals surface area contributed by atoms with Gasteiger partial charge in [0.1, 0.15) is 16.5 Å². The second-order valence-electron chi connectivity index (χ2n) is 4.23. The second kappa shape index (κ2) is 5.58. The number of benzene rings is 2. The molecule has 0 spiro atoms. The zero-order valence-electron chi connectivity index (χ0n) is 11.1. The average Bonchev–Trinajstić information content (AvgIpc) is 2.41. The number of para-hydroxylation sites is 1. The maximum absolute atomic E-state index is 13.1. The Hall–Kier alpha value is -2.32. The highest BCUT2D eigenvalue weighted by atomic mass is 32.2. The number of hydrogen-bond donors (Lipinski definition) is 3. The van der Waals surface area contributed by atoms with Gasteiger partial charge < -0.3 is 15.8 Å². The van der Waals surface area contributed by atoms with Crippen molar-refractivity contribution in [3.63, 3.8) is 0 Å². The highest BCUT2D eigenvalue weighted by molar-refractivity contribution is 7.89. The van der Waals surface area contributed by atoms with Crippen molar-refractivity contribution >= 4 is 27.1 Å². The molecule has 21 heavy (non-hydrogen) atoms. The standard InChI is InChI=1S/C13H14FN3O3S/c1-20-11-7-8(14)5-6-9(11)17-10-3-2-4-12(13(10)15)21(16,18)19/h2-7,17H,15H2,1H3,(H2,16,18,19). The number of anilines is 3. The summed E-state index contributed by atoms with van der Waals surface area (Å²) in [4.78, 5) is -0.187. The fourth-order valence-electron chi connectivity index (χ4n) is 1.81. The molecule has 0 aliphatic carbocycles. The van der Waals surface area contributed by atoms with Gasteiger partial charge in [-0.3, -0.25) is 0 Å². The number of nitrogens with one attached hydrogen (secondary N) is 1. The van der Waals surface area contributed by atoms with Crippen molar-refractivity contribution in [2.45, 2.75) is 4.90 Å². The molecule has 2 aromatic carbocycles. The van der Waals surface area contributed by atoms with Crippen LogP contribution in [0.2, 0.25) is 0 Å². The summed E-state index contributed by atoms with van der Waals surface area (Å²) in [5.41, 5.74) is 6.55. The van der Waals surface area contributed by atoms with Gasteiger partial charge in [0.2, 0.25) is 10.0 Å². The maximum atomic E-state index is 13.1. The molecular formula is C13H14FN3O3S. The lowest BCUT2D eigenvalue weighted by Gasteiger charge is -2.14. The summed E-state index contributed by atoms with van der Waals surface area (Å²) in [5.74, 6) is -0.195. The molecule has 0 saturated carbocycles. The molecule has 0 radical (unpaired) electrons. The van der Waals surface area contributed by atoms with Crippen LogP contribution in [0, 0.1) is 5.82 Å². The smallest absolute Gasteiger partial charge is 0.240 e. The van der Waals surface area contributed by atoms with Crippen LogP contribution in [-0.4, -0.2) is 15.5 Å². The van der Waals surface area contributed by atoms with Crippen molar-refractivity contribution in [2.75, 3.05) is 18.2 Å². The number of nitrogens with two attached hydrogens (primary N) is 2. The Morgan fingerprint density at radius 2 is 1.90 bits per heavy atom. The van der Waals surface area contributed by atoms with Gasteiger partial charge in [-0.1, -0.05) is 6.07 Å². The van der Waals surface area contributed by atoms with Crippen LogP contribution in [0.3, 0.4) is 0 Å². The van der Waals surface area contributed by atoms with Gasteiger partial charge in [-0.2, -0.15) is 0 Å². The van der Waals surface area contributed by atoms with E-state index in [1.54, 1.807) is 6.07 Å². The lowest BCUT2D eigenvalue weighted by Crippen LogP contribution is -2.15. The van der Waals surface area contributed by atoms with E-state index in [4.69, 9.17) is 15.6 Å². The molecule has 0 aliphatic heterocycles. The van der Waals surface area contributed by atoms with E-state index in [9.17, 15) is 12.8 Å². The Bertz CT molecular complexity index is 778. The Morgan fingerprint density at radius 3 is 2.52 bits per heavy atom. The summed E-state index contributed by atoms with van der Waals surface area (Å²) in [5, 5.41) is 7.98. The van der Waals surface area contributed by atoms with Gasteiger partial charge in [-0.05, 0) is 24.3 Å². The van der Waals surface area contributed by atoms with E-state index >= 15 is 0 Å². The minimum absolute atomic E-state index is 0.0219. The van der Waals surface area contributed by atoms with Crippen LogP contribution in [-0.2, 0) is 10.0 Å². The number of rotatable bonds is 4. The van der Waals surface area contributed by atoms with E-state index in [1.807, 2.05) is 0 Å². The first-order valence-electron chi connectivity index (χ1n) is 5.85. The third kappa shape index (κ3) is 3.23. The zero-order chi connectivity index (χ0) is 15.6. The summed E-state index contributed by atoms with van der Waals surface area (Å²) >= 11 is 0. The predicted molar refractivity (Wildman–Crippen MR) is 78.5 cm³/mol. The van der Waals surface area contributed by atoms with E-state index < -0.39 is 15.8 Å². The van der Waals surface area contributed by atoms with Crippen LogP contribution in [0.1, 0.15) is 0 Å². The third-order valence-corrected chi connectivity index (χ3v) is 3.77. The molecule has 2 aromatic rings. The van der Waals surface area contributed by atoms with Crippen LogP contribution in [0.25, 0.3) is 0 Å². The number of primary sulfonamides is 1. The molecule has 8 heteroatoms. The molecule has 0 heterocycles. The lowest BCUT2D eigenvalue weighted by molar-refractivity contribution is 0.413. The van der Waals surface area contributed by atoms with Gasteiger partial charge >= 0.3 is 0 Å². The van der Waals surface area contributed by atoms with Crippen LogP contribution in [0.5, 0.6) is 5.75 Å². The number of hydrogen-bond acceptors (Lipinski definition) is 5. The van der Waals surface area contributed by atoms with E-state index in [-0.39, 0.29) is 16.3 Å². The molecule has 0 atom stereocenters. The summed E-state index contributed by atoms with van der Waals surface area (Å²) in [7, 11) is -2.53. The second-order valence-corrected chi connectivity index (χ2v) is 5.76. The minimum Gasteiger partial charge on any atom is -0.494 e. The number of sulfonamides is 1. The molecule has 0 unspecified atom stereocenters. The molecule has 0 saturated heterocycles. The van der Waals surface area contributed by atoms with Gasteiger partial charge in [0.15, 0.2) is 0 Å². The van der Waals surface area contributed by atoms with Crippen molar-refractivity contribution in [1.82, 2.24) is 0 Å².